The average Bonchev–Trinajstić information content (AvgIpc) is 2.97. The van der Waals surface area contributed by atoms with Crippen LogP contribution < -0.4 is 21.1 Å². The van der Waals surface area contributed by atoms with Crippen molar-refractivity contribution in [2.75, 3.05) is 14.1 Å². The van der Waals surface area contributed by atoms with Gasteiger partial charge in [-0.2, -0.15) is 0 Å². The van der Waals surface area contributed by atoms with E-state index in [1.165, 1.54) is 11.8 Å². The van der Waals surface area contributed by atoms with E-state index < -0.39 is 44.9 Å². The maximum atomic E-state index is 14.1. The van der Waals surface area contributed by atoms with Crippen molar-refractivity contribution in [2.45, 2.75) is 91.2 Å². The molecule has 0 spiro atoms. The number of nitrogens with two attached hydrogens (primary N) is 1. The first-order valence-electron chi connectivity index (χ1n) is 15.6. The molecule has 0 fully saturated rings. The summed E-state index contributed by atoms with van der Waals surface area (Å²) >= 11 is 0. The normalized spacial score (nSPS) is 14.7. The highest BCUT2D eigenvalue weighted by atomic mass is 32.2. The Morgan fingerprint density at radius 3 is 1.96 bits per heavy atom. The van der Waals surface area contributed by atoms with Crippen molar-refractivity contribution in [1.29, 1.82) is 0 Å². The van der Waals surface area contributed by atoms with Gasteiger partial charge in [0.05, 0.1) is 17.8 Å². The topological polar surface area (TPSA) is 151 Å². The van der Waals surface area contributed by atoms with E-state index in [9.17, 15) is 22.8 Å². The number of nitrogens with zero attached hydrogens (tertiary/aromatic N) is 1. The molecule has 3 amide bonds. The molecule has 3 unspecified atom stereocenters. The quantitative estimate of drug-likeness (QED) is 0.227. The van der Waals surface area contributed by atoms with Crippen LogP contribution in [0.5, 0.6) is 0 Å². The molecule has 46 heavy (non-hydrogen) atoms. The lowest BCUT2D eigenvalue weighted by molar-refractivity contribution is -0.140. The summed E-state index contributed by atoms with van der Waals surface area (Å²) in [6, 6.07) is 14.3. The van der Waals surface area contributed by atoms with Crippen LogP contribution in [0.4, 0.5) is 0 Å². The van der Waals surface area contributed by atoms with Crippen molar-refractivity contribution in [1.82, 2.24) is 20.3 Å². The lowest BCUT2D eigenvalue weighted by Crippen LogP contribution is -2.61. The molecule has 2 rings (SSSR count). The van der Waals surface area contributed by atoms with Crippen molar-refractivity contribution in [3.8, 4) is 0 Å². The summed E-state index contributed by atoms with van der Waals surface area (Å²) in [5.41, 5.74) is 7.12. The van der Waals surface area contributed by atoms with E-state index in [4.69, 9.17) is 5.73 Å². The first-order chi connectivity index (χ1) is 21.2. The van der Waals surface area contributed by atoms with E-state index in [0.717, 1.165) is 11.1 Å². The number of amides is 3. The van der Waals surface area contributed by atoms with E-state index in [1.807, 2.05) is 72.7 Å². The number of nitrogens with one attached hydrogen (secondary N) is 3. The Kier molecular flexibility index (Phi) is 13.3. The minimum Gasteiger partial charge on any atom is -0.342 e. The zero-order valence-electron chi connectivity index (χ0n) is 29.0. The summed E-state index contributed by atoms with van der Waals surface area (Å²) in [6.07, 6.45) is 1.60. The molecular formula is C35H53N5O5S. The zero-order valence-corrected chi connectivity index (χ0v) is 29.8. The molecule has 0 aliphatic rings. The van der Waals surface area contributed by atoms with Crippen LogP contribution in [0.15, 0.2) is 66.2 Å². The predicted molar refractivity (Wildman–Crippen MR) is 184 cm³/mol. The summed E-state index contributed by atoms with van der Waals surface area (Å²) in [7, 11) is -0.599. The molecule has 0 saturated carbocycles. The van der Waals surface area contributed by atoms with Gasteiger partial charge in [0.15, 0.2) is 0 Å². The van der Waals surface area contributed by atoms with E-state index >= 15 is 0 Å². The largest absolute Gasteiger partial charge is 0.342 e. The maximum absolute atomic E-state index is 14.1. The van der Waals surface area contributed by atoms with Crippen LogP contribution in [0.25, 0.3) is 0 Å². The molecule has 10 nitrogen and oxygen atoms in total. The fourth-order valence-electron chi connectivity index (χ4n) is 5.42. The Labute approximate surface area is 275 Å². The smallest absolute Gasteiger partial charge is 0.260 e. The lowest BCUT2D eigenvalue weighted by Gasteiger charge is -2.40. The summed E-state index contributed by atoms with van der Waals surface area (Å²) in [5.74, 6) is -1.89. The highest BCUT2D eigenvalue weighted by Gasteiger charge is 2.41. The van der Waals surface area contributed by atoms with Gasteiger partial charge in [0.25, 0.3) is 5.91 Å². The second kappa shape index (κ2) is 15.8. The minimum absolute atomic E-state index is 0.130. The van der Waals surface area contributed by atoms with Crippen LogP contribution >= 0.6 is 0 Å². The molecule has 11 heteroatoms. The lowest BCUT2D eigenvalue weighted by atomic mass is 9.76. The number of likely N-dealkylation sites (N-methyl/N-ethyl adjacent to an activating group) is 2. The molecule has 2 aromatic rings. The number of carbonyl (C=O) groups is 3. The Balaban J connectivity index is 2.30. The van der Waals surface area contributed by atoms with Gasteiger partial charge < -0.3 is 21.3 Å². The van der Waals surface area contributed by atoms with Crippen LogP contribution in [0.3, 0.4) is 0 Å². The fourth-order valence-corrected chi connectivity index (χ4v) is 6.56. The summed E-state index contributed by atoms with van der Waals surface area (Å²) < 4.78 is 27.5. The monoisotopic (exact) mass is 655 g/mol. The van der Waals surface area contributed by atoms with Crippen LogP contribution in [-0.4, -0.2) is 63.3 Å². The summed E-state index contributed by atoms with van der Waals surface area (Å²) in [6.45, 7) is 15.3. The number of hydrogen-bond acceptors (Lipinski definition) is 7. The first kappa shape index (κ1) is 38.6. The van der Waals surface area contributed by atoms with Gasteiger partial charge >= 0.3 is 0 Å². The molecular weight excluding hydrogens is 602 g/mol. The first-order valence-corrected chi connectivity index (χ1v) is 17.2. The molecule has 0 aromatic heterocycles. The molecule has 0 bridgehead atoms. The third-order valence-electron chi connectivity index (χ3n) is 8.31. The number of sulfonamides is 1. The molecule has 0 aliphatic carbocycles. The van der Waals surface area contributed by atoms with Gasteiger partial charge in [-0.15, -0.1) is 0 Å². The minimum atomic E-state index is -3.94. The van der Waals surface area contributed by atoms with Crippen molar-refractivity contribution in [3.05, 3.63) is 82.9 Å². The molecule has 0 aliphatic heterocycles. The maximum Gasteiger partial charge on any atom is 0.260 e. The molecule has 5 N–H and O–H groups in total. The molecule has 254 valence electrons. The van der Waals surface area contributed by atoms with Gasteiger partial charge in [-0.1, -0.05) is 109 Å². The van der Waals surface area contributed by atoms with Gasteiger partial charge in [-0.3, -0.25) is 14.4 Å². The van der Waals surface area contributed by atoms with E-state index in [1.54, 1.807) is 50.5 Å². The van der Waals surface area contributed by atoms with Gasteiger partial charge in [0.1, 0.15) is 6.04 Å². The molecule has 0 radical (unpaired) electrons. The Bertz CT molecular complexity index is 1480. The Morgan fingerprint density at radius 1 is 0.913 bits per heavy atom. The summed E-state index contributed by atoms with van der Waals surface area (Å²) in [5, 5.41) is 6.16. The van der Waals surface area contributed by atoms with Crippen molar-refractivity contribution >= 4 is 27.7 Å². The van der Waals surface area contributed by atoms with Gasteiger partial charge in [-0.25, -0.2) is 13.1 Å². The van der Waals surface area contributed by atoms with E-state index in [0.29, 0.717) is 12.1 Å². The molecule has 3 atom stereocenters. The SMILES string of the molecule is CNC(C(=O)NC(C(=O)N(C)C(/C=C(\C)C(=O)NS(=O)(=O)Cc1ccccc1)C(C)C)C(C)(C)C)C(C)(C)c1ccc(CN)cc1. The van der Waals surface area contributed by atoms with E-state index in [-0.39, 0.29) is 29.1 Å². The van der Waals surface area contributed by atoms with Crippen LogP contribution in [0, 0.1) is 11.3 Å². The number of rotatable bonds is 14. The highest BCUT2D eigenvalue weighted by Crippen LogP contribution is 2.29. The highest BCUT2D eigenvalue weighted by molar-refractivity contribution is 7.89. The molecule has 2 aromatic carbocycles. The second-order valence-corrected chi connectivity index (χ2v) is 15.6. The number of hydrogen-bond donors (Lipinski definition) is 4. The van der Waals surface area contributed by atoms with Crippen molar-refractivity contribution in [3.63, 3.8) is 0 Å². The Hall–Kier alpha value is -3.54. The fraction of sp³-hybridized carbons (Fsp3) is 0.514. The zero-order chi connectivity index (χ0) is 35.0. The van der Waals surface area contributed by atoms with Gasteiger partial charge in [0, 0.05) is 24.6 Å². The third kappa shape index (κ3) is 10.2. The average molecular weight is 656 g/mol. The third-order valence-corrected chi connectivity index (χ3v) is 9.52. The van der Waals surface area contributed by atoms with Crippen LogP contribution in [0.2, 0.25) is 0 Å². The van der Waals surface area contributed by atoms with Crippen LogP contribution in [0.1, 0.15) is 72.1 Å². The molecule has 0 saturated heterocycles. The second-order valence-electron chi connectivity index (χ2n) is 13.9. The van der Waals surface area contributed by atoms with Crippen LogP contribution in [-0.2, 0) is 42.1 Å². The van der Waals surface area contributed by atoms with Gasteiger partial charge in [-0.05, 0) is 42.0 Å². The Morgan fingerprint density at radius 2 is 1.48 bits per heavy atom. The predicted octanol–water partition coefficient (Wildman–Crippen LogP) is 3.62. The number of benzene rings is 2. The number of carbonyl (C=O) groups excluding carboxylic acids is 3. The van der Waals surface area contributed by atoms with Crippen molar-refractivity contribution in [2.24, 2.45) is 17.1 Å². The summed E-state index contributed by atoms with van der Waals surface area (Å²) in [4.78, 5) is 42.4. The van der Waals surface area contributed by atoms with Gasteiger partial charge in [0.2, 0.25) is 21.8 Å². The molecule has 0 heterocycles. The van der Waals surface area contributed by atoms with E-state index in [2.05, 4.69) is 15.4 Å². The van der Waals surface area contributed by atoms with Crippen molar-refractivity contribution < 1.29 is 22.8 Å². The standard InChI is InChI=1S/C35H53N5O5S/c1-23(2)28(20-24(3)31(41)39-46(44,45)22-26-14-12-11-13-15-26)40(10)33(43)30(34(4,5)6)38-32(42)29(37-9)35(7,8)27-18-16-25(21-36)17-19-27/h11-20,23,28-30,37H,21-22,36H2,1-10H3,(H,38,42)(H,39,41)/b24-20+.